The van der Waals surface area contributed by atoms with Gasteiger partial charge in [0.15, 0.2) is 0 Å². The quantitative estimate of drug-likeness (QED) is 0.752. The summed E-state index contributed by atoms with van der Waals surface area (Å²) in [5.41, 5.74) is 0. The molecule has 0 radical (unpaired) electrons. The zero-order chi connectivity index (χ0) is 13.7. The predicted octanol–water partition coefficient (Wildman–Crippen LogP) is -0.521. The predicted molar refractivity (Wildman–Crippen MR) is 65.1 cm³/mol. The van der Waals surface area contributed by atoms with Crippen molar-refractivity contribution in [1.82, 2.24) is 10.2 Å². The van der Waals surface area contributed by atoms with Gasteiger partial charge >= 0.3 is 6.10 Å². The van der Waals surface area contributed by atoms with Crippen molar-refractivity contribution in [3.63, 3.8) is 0 Å². The number of carbonyl (C=O) groups excluding carboxylic acids is 2. The number of amides is 2. The van der Waals surface area contributed by atoms with Crippen LogP contribution in [0.3, 0.4) is 0 Å². The third kappa shape index (κ3) is 2.02. The second-order valence-electron chi connectivity index (χ2n) is 5.65. The normalized spacial score (nSPS) is 41.5. The van der Waals surface area contributed by atoms with Gasteiger partial charge in [0.2, 0.25) is 11.8 Å². The molecule has 4 bridgehead atoms. The van der Waals surface area contributed by atoms with Gasteiger partial charge in [-0.25, -0.2) is 0 Å². The summed E-state index contributed by atoms with van der Waals surface area (Å²) >= 11 is 0. The lowest BCUT2D eigenvalue weighted by Crippen LogP contribution is -2.69. The fraction of sp³-hybridized carbons (Fsp3) is 0.692. The highest BCUT2D eigenvalue weighted by Gasteiger charge is 2.56. The molecule has 1 aliphatic carbocycles. The fourth-order valence-electron chi connectivity index (χ4n) is 3.29. The Morgan fingerprint density at radius 3 is 2.35 bits per heavy atom. The molecule has 0 aromatic carbocycles. The SMILES string of the molecule is O=C(CN1CC=CC1=O)NC12OC3CC(CC(C3)O1)O2. The molecule has 7 nitrogen and oxygen atoms in total. The van der Waals surface area contributed by atoms with Gasteiger partial charge in [0.25, 0.3) is 0 Å². The Morgan fingerprint density at radius 1 is 1.25 bits per heavy atom. The fourth-order valence-corrected chi connectivity index (χ4v) is 3.29. The van der Waals surface area contributed by atoms with Crippen LogP contribution in [0, 0.1) is 0 Å². The van der Waals surface area contributed by atoms with Gasteiger partial charge in [0.1, 0.15) is 6.54 Å². The first-order chi connectivity index (χ1) is 9.62. The molecule has 0 aromatic rings. The molecular formula is C13H16N2O5. The van der Waals surface area contributed by atoms with Crippen molar-refractivity contribution >= 4 is 11.8 Å². The standard InChI is InChI=1S/C13H16N2O5/c16-11(7-15-3-1-2-12(15)17)14-13-18-8-4-9(19-13)6-10(5-8)20-13/h1-2,8-10H,3-7H2,(H,14,16). The van der Waals surface area contributed by atoms with Gasteiger partial charge in [-0.15, -0.1) is 0 Å². The minimum Gasteiger partial charge on any atom is -0.326 e. The first kappa shape index (κ1) is 12.3. The van der Waals surface area contributed by atoms with Crippen LogP contribution < -0.4 is 5.32 Å². The van der Waals surface area contributed by atoms with E-state index in [-0.39, 0.29) is 36.7 Å². The smallest absolute Gasteiger partial charge is 0.326 e. The van der Waals surface area contributed by atoms with Crippen LogP contribution in [0.25, 0.3) is 0 Å². The molecule has 20 heavy (non-hydrogen) atoms. The highest BCUT2D eigenvalue weighted by molar-refractivity contribution is 5.93. The molecular weight excluding hydrogens is 264 g/mol. The molecule has 7 heteroatoms. The van der Waals surface area contributed by atoms with E-state index in [4.69, 9.17) is 14.2 Å². The Bertz CT molecular complexity index is 454. The topological polar surface area (TPSA) is 77.1 Å². The number of carbonyl (C=O) groups is 2. The molecule has 3 saturated heterocycles. The van der Waals surface area contributed by atoms with Crippen LogP contribution >= 0.6 is 0 Å². The van der Waals surface area contributed by atoms with E-state index >= 15 is 0 Å². The van der Waals surface area contributed by atoms with Gasteiger partial charge in [-0.2, -0.15) is 0 Å². The molecule has 1 saturated carbocycles. The number of hydrogen-bond donors (Lipinski definition) is 1. The third-order valence-corrected chi connectivity index (χ3v) is 4.07. The van der Waals surface area contributed by atoms with Crippen LogP contribution in [0.1, 0.15) is 19.3 Å². The monoisotopic (exact) mass is 280 g/mol. The summed E-state index contributed by atoms with van der Waals surface area (Å²) in [5.74, 6) is -0.502. The molecule has 2 amide bonds. The third-order valence-electron chi connectivity index (χ3n) is 4.07. The lowest BCUT2D eigenvalue weighted by Gasteiger charge is -2.54. The Kier molecular flexibility index (Phi) is 2.63. The van der Waals surface area contributed by atoms with Crippen LogP contribution in [0.2, 0.25) is 0 Å². The first-order valence-electron chi connectivity index (χ1n) is 6.92. The van der Waals surface area contributed by atoms with Gasteiger partial charge in [0, 0.05) is 31.9 Å². The maximum Gasteiger partial charge on any atom is 0.377 e. The van der Waals surface area contributed by atoms with Gasteiger partial charge in [-0.1, -0.05) is 6.08 Å². The Balaban J connectivity index is 1.41. The Hall–Kier alpha value is -1.44. The van der Waals surface area contributed by atoms with E-state index in [9.17, 15) is 9.59 Å². The Morgan fingerprint density at radius 2 is 1.85 bits per heavy atom. The molecule has 0 spiro atoms. The maximum atomic E-state index is 12.1. The molecule has 0 aromatic heterocycles. The van der Waals surface area contributed by atoms with E-state index in [1.807, 2.05) is 0 Å². The van der Waals surface area contributed by atoms with E-state index in [0.29, 0.717) is 6.54 Å². The van der Waals surface area contributed by atoms with E-state index in [1.165, 1.54) is 11.0 Å². The molecule has 1 N–H and O–H groups in total. The number of rotatable bonds is 3. The van der Waals surface area contributed by atoms with Crippen molar-refractivity contribution < 1.29 is 23.8 Å². The van der Waals surface area contributed by atoms with E-state index in [0.717, 1.165) is 19.3 Å². The number of nitrogens with zero attached hydrogens (tertiary/aromatic N) is 1. The number of ether oxygens (including phenoxy) is 3. The zero-order valence-corrected chi connectivity index (χ0v) is 10.9. The highest BCUT2D eigenvalue weighted by Crippen LogP contribution is 2.43. The highest BCUT2D eigenvalue weighted by atomic mass is 16.9. The summed E-state index contributed by atoms with van der Waals surface area (Å²) in [6, 6.07) is 0. The van der Waals surface area contributed by atoms with Gasteiger partial charge < -0.3 is 19.1 Å². The number of nitrogens with one attached hydrogen (secondary N) is 1. The van der Waals surface area contributed by atoms with Gasteiger partial charge in [-0.05, 0) is 0 Å². The van der Waals surface area contributed by atoms with Crippen LogP contribution in [-0.2, 0) is 23.8 Å². The number of hydrogen-bond acceptors (Lipinski definition) is 5. The minimum absolute atomic E-state index is 0.0241. The van der Waals surface area contributed by atoms with E-state index < -0.39 is 6.10 Å². The summed E-state index contributed by atoms with van der Waals surface area (Å²) in [5, 5.41) is 2.64. The molecule has 4 fully saturated rings. The summed E-state index contributed by atoms with van der Waals surface area (Å²) in [6.45, 7) is 0.430. The average molecular weight is 280 g/mol. The van der Waals surface area contributed by atoms with Crippen LogP contribution in [0.5, 0.6) is 0 Å². The van der Waals surface area contributed by atoms with Crippen LogP contribution in [-0.4, -0.2) is 54.2 Å². The summed E-state index contributed by atoms with van der Waals surface area (Å²) in [4.78, 5) is 24.9. The van der Waals surface area contributed by atoms with Crippen molar-refractivity contribution in [3.05, 3.63) is 12.2 Å². The first-order valence-corrected chi connectivity index (χ1v) is 6.92. The van der Waals surface area contributed by atoms with Crippen molar-refractivity contribution in [2.45, 2.75) is 43.7 Å². The van der Waals surface area contributed by atoms with E-state index in [2.05, 4.69) is 5.32 Å². The molecule has 108 valence electrons. The van der Waals surface area contributed by atoms with Gasteiger partial charge in [-0.3, -0.25) is 14.9 Å². The summed E-state index contributed by atoms with van der Waals surface area (Å²) in [6.07, 6.45) is 4.54. The van der Waals surface area contributed by atoms with Crippen LogP contribution in [0.4, 0.5) is 0 Å². The second kappa shape index (κ2) is 4.28. The average Bonchev–Trinajstić information content (AvgIpc) is 2.72. The van der Waals surface area contributed by atoms with Gasteiger partial charge in [0.05, 0.1) is 18.3 Å². The molecule has 4 heterocycles. The molecule has 5 aliphatic rings. The largest absolute Gasteiger partial charge is 0.377 e. The Labute approximate surface area is 115 Å². The second-order valence-corrected chi connectivity index (χ2v) is 5.65. The van der Waals surface area contributed by atoms with Crippen molar-refractivity contribution in [2.24, 2.45) is 0 Å². The maximum absolute atomic E-state index is 12.1. The van der Waals surface area contributed by atoms with Crippen LogP contribution in [0.15, 0.2) is 12.2 Å². The molecule has 0 unspecified atom stereocenters. The van der Waals surface area contributed by atoms with E-state index in [1.54, 1.807) is 6.08 Å². The van der Waals surface area contributed by atoms with Crippen molar-refractivity contribution in [2.75, 3.05) is 13.1 Å². The molecule has 5 rings (SSSR count). The summed E-state index contributed by atoms with van der Waals surface area (Å²) < 4.78 is 17.0. The minimum atomic E-state index is -1.44. The van der Waals surface area contributed by atoms with Crippen molar-refractivity contribution in [3.8, 4) is 0 Å². The molecule has 4 aliphatic heterocycles. The summed E-state index contributed by atoms with van der Waals surface area (Å²) in [7, 11) is 0. The molecule has 0 atom stereocenters. The lowest BCUT2D eigenvalue weighted by atomic mass is 9.90. The lowest BCUT2D eigenvalue weighted by molar-refractivity contribution is -0.501. The van der Waals surface area contributed by atoms with Crippen molar-refractivity contribution in [1.29, 1.82) is 0 Å². The zero-order valence-electron chi connectivity index (χ0n) is 10.9.